The number of nitrogens with two attached hydrogens (primary N) is 1. The molecule has 3 rings (SSSR count). The Labute approximate surface area is 163 Å². The van der Waals surface area contributed by atoms with Crippen LogP contribution in [0.15, 0.2) is 47.5 Å². The van der Waals surface area contributed by atoms with Crippen LogP contribution >= 0.6 is 24.0 Å². The predicted molar refractivity (Wildman–Crippen MR) is 108 cm³/mol. The van der Waals surface area contributed by atoms with Crippen LogP contribution < -0.4 is 20.5 Å². The third kappa shape index (κ3) is 4.75. The Hall–Kier alpha value is -2.03. The number of anilines is 1. The van der Waals surface area contributed by atoms with Gasteiger partial charge in [-0.2, -0.15) is 0 Å². The standard InChI is InChI=1S/C18H20FN3O2.HI/c1-23-13-6-7-17(24-2)16(9-13)22-18(20)21-15-10-14(15)11-4-3-5-12(19)8-11;/h3-9,14-15H,10H2,1-2H3,(H3,20,21,22);1H/t14-,15+;/m0./s1. The Morgan fingerprint density at radius 3 is 2.68 bits per heavy atom. The first kappa shape index (κ1) is 19.3. The minimum atomic E-state index is -0.227. The third-order valence-electron chi connectivity index (χ3n) is 4.01. The summed E-state index contributed by atoms with van der Waals surface area (Å²) in [5, 5.41) is 3.04. The Morgan fingerprint density at radius 2 is 2.00 bits per heavy atom. The minimum Gasteiger partial charge on any atom is -0.497 e. The van der Waals surface area contributed by atoms with E-state index >= 15 is 0 Å². The van der Waals surface area contributed by atoms with Gasteiger partial charge in [0, 0.05) is 12.0 Å². The summed E-state index contributed by atoms with van der Waals surface area (Å²) in [6.07, 6.45) is 0.862. The van der Waals surface area contributed by atoms with Crippen LogP contribution in [0.25, 0.3) is 0 Å². The summed E-state index contributed by atoms with van der Waals surface area (Å²) >= 11 is 0. The van der Waals surface area contributed by atoms with Crippen molar-refractivity contribution in [3.05, 3.63) is 53.8 Å². The molecule has 0 unspecified atom stereocenters. The molecular formula is C18H21FIN3O2. The molecule has 1 saturated carbocycles. The molecule has 2 atom stereocenters. The van der Waals surface area contributed by atoms with Crippen molar-refractivity contribution in [1.29, 1.82) is 0 Å². The highest BCUT2D eigenvalue weighted by atomic mass is 127. The number of aliphatic imine (C=N–C) groups is 1. The van der Waals surface area contributed by atoms with Gasteiger partial charge in [-0.25, -0.2) is 9.38 Å². The second-order valence-electron chi connectivity index (χ2n) is 5.67. The molecule has 1 aliphatic rings. The largest absolute Gasteiger partial charge is 0.497 e. The van der Waals surface area contributed by atoms with Gasteiger partial charge in [-0.3, -0.25) is 0 Å². The zero-order valence-corrected chi connectivity index (χ0v) is 16.4. The second-order valence-corrected chi connectivity index (χ2v) is 5.67. The Bertz CT molecular complexity index is 770. The van der Waals surface area contributed by atoms with Gasteiger partial charge in [-0.15, -0.1) is 24.0 Å². The molecule has 2 aromatic carbocycles. The fraction of sp³-hybridized carbons (Fsp3) is 0.278. The number of nitrogens with one attached hydrogen (secondary N) is 1. The SMILES string of the molecule is COc1ccc(OC)c(NC(N)=N[C@@H]2C[C@H]2c2cccc(F)c2)c1.I. The number of rotatable bonds is 5. The number of benzene rings is 2. The maximum absolute atomic E-state index is 13.3. The summed E-state index contributed by atoms with van der Waals surface area (Å²) in [5.41, 5.74) is 7.64. The first-order chi connectivity index (χ1) is 11.6. The van der Waals surface area contributed by atoms with Gasteiger partial charge in [0.15, 0.2) is 5.96 Å². The lowest BCUT2D eigenvalue weighted by Gasteiger charge is -2.12. The average molecular weight is 457 g/mol. The molecule has 0 heterocycles. The fourth-order valence-electron chi connectivity index (χ4n) is 2.68. The summed E-state index contributed by atoms with van der Waals surface area (Å²) in [6, 6.07) is 12.1. The molecule has 134 valence electrons. The molecule has 2 aromatic rings. The van der Waals surface area contributed by atoms with E-state index in [2.05, 4.69) is 10.3 Å². The Kier molecular flexibility index (Phi) is 6.46. The van der Waals surface area contributed by atoms with Gasteiger partial charge < -0.3 is 20.5 Å². The van der Waals surface area contributed by atoms with E-state index in [0.29, 0.717) is 23.1 Å². The van der Waals surface area contributed by atoms with Gasteiger partial charge in [0.2, 0.25) is 0 Å². The molecule has 1 aliphatic carbocycles. The Morgan fingerprint density at radius 1 is 1.20 bits per heavy atom. The van der Waals surface area contributed by atoms with Crippen molar-refractivity contribution in [2.45, 2.75) is 18.4 Å². The van der Waals surface area contributed by atoms with Gasteiger partial charge in [0.1, 0.15) is 17.3 Å². The highest BCUT2D eigenvalue weighted by Gasteiger charge is 2.38. The highest BCUT2D eigenvalue weighted by Crippen LogP contribution is 2.43. The molecule has 0 spiro atoms. The van der Waals surface area contributed by atoms with Crippen molar-refractivity contribution in [3.63, 3.8) is 0 Å². The van der Waals surface area contributed by atoms with Crippen LogP contribution in [0.3, 0.4) is 0 Å². The number of halogens is 2. The van der Waals surface area contributed by atoms with Gasteiger partial charge in [0.25, 0.3) is 0 Å². The van der Waals surface area contributed by atoms with Crippen LogP contribution in [0.2, 0.25) is 0 Å². The smallest absolute Gasteiger partial charge is 0.193 e. The minimum absolute atomic E-state index is 0. The van der Waals surface area contributed by atoms with E-state index in [1.165, 1.54) is 6.07 Å². The van der Waals surface area contributed by atoms with Crippen LogP contribution in [-0.2, 0) is 0 Å². The lowest BCUT2D eigenvalue weighted by molar-refractivity contribution is 0.405. The van der Waals surface area contributed by atoms with Crippen molar-refractivity contribution in [2.75, 3.05) is 19.5 Å². The molecule has 0 amide bonds. The van der Waals surface area contributed by atoms with E-state index in [9.17, 15) is 4.39 Å². The van der Waals surface area contributed by atoms with Gasteiger partial charge >= 0.3 is 0 Å². The molecule has 7 heteroatoms. The molecule has 0 saturated heterocycles. The van der Waals surface area contributed by atoms with E-state index in [4.69, 9.17) is 15.2 Å². The quantitative estimate of drug-likeness (QED) is 0.408. The molecule has 25 heavy (non-hydrogen) atoms. The summed E-state index contributed by atoms with van der Waals surface area (Å²) in [6.45, 7) is 0. The van der Waals surface area contributed by atoms with Crippen LogP contribution in [0.5, 0.6) is 11.5 Å². The molecule has 0 aliphatic heterocycles. The van der Waals surface area contributed by atoms with Crippen molar-refractivity contribution < 1.29 is 13.9 Å². The van der Waals surface area contributed by atoms with Crippen molar-refractivity contribution in [2.24, 2.45) is 10.7 Å². The summed E-state index contributed by atoms with van der Waals surface area (Å²) < 4.78 is 23.8. The molecule has 0 bridgehead atoms. The van der Waals surface area contributed by atoms with E-state index in [0.717, 1.165) is 12.0 Å². The number of nitrogens with zero attached hydrogens (tertiary/aromatic N) is 1. The van der Waals surface area contributed by atoms with Crippen molar-refractivity contribution in [3.8, 4) is 11.5 Å². The number of hydrogen-bond donors (Lipinski definition) is 2. The normalized spacial score (nSPS) is 18.9. The summed E-state index contributed by atoms with van der Waals surface area (Å²) in [4.78, 5) is 4.47. The molecule has 0 aromatic heterocycles. The van der Waals surface area contributed by atoms with Crippen molar-refractivity contribution >= 4 is 35.6 Å². The van der Waals surface area contributed by atoms with Gasteiger partial charge in [0.05, 0.1) is 25.9 Å². The number of methoxy groups -OCH3 is 2. The summed E-state index contributed by atoms with van der Waals surface area (Å²) in [7, 11) is 3.18. The Balaban J connectivity index is 0.00000225. The first-order valence-electron chi connectivity index (χ1n) is 7.68. The number of ether oxygens (including phenoxy) is 2. The predicted octanol–water partition coefficient (Wildman–Crippen LogP) is 3.74. The average Bonchev–Trinajstić information content (AvgIpc) is 3.33. The summed E-state index contributed by atoms with van der Waals surface area (Å²) in [5.74, 6) is 1.62. The zero-order chi connectivity index (χ0) is 17.1. The first-order valence-corrected chi connectivity index (χ1v) is 7.68. The van der Waals surface area contributed by atoms with Crippen LogP contribution in [0, 0.1) is 5.82 Å². The highest BCUT2D eigenvalue weighted by molar-refractivity contribution is 14.0. The second kappa shape index (κ2) is 8.37. The third-order valence-corrected chi connectivity index (χ3v) is 4.01. The zero-order valence-electron chi connectivity index (χ0n) is 14.0. The monoisotopic (exact) mass is 457 g/mol. The van der Waals surface area contributed by atoms with E-state index in [1.54, 1.807) is 44.6 Å². The maximum atomic E-state index is 13.3. The van der Waals surface area contributed by atoms with Crippen LogP contribution in [0.4, 0.5) is 10.1 Å². The number of guanidine groups is 1. The molecular weight excluding hydrogens is 436 g/mol. The van der Waals surface area contributed by atoms with Crippen LogP contribution in [-0.4, -0.2) is 26.2 Å². The molecule has 3 N–H and O–H groups in total. The lowest BCUT2D eigenvalue weighted by Crippen LogP contribution is -2.23. The molecule has 5 nitrogen and oxygen atoms in total. The van der Waals surface area contributed by atoms with Crippen LogP contribution in [0.1, 0.15) is 17.9 Å². The van der Waals surface area contributed by atoms with Crippen molar-refractivity contribution in [1.82, 2.24) is 0 Å². The van der Waals surface area contributed by atoms with Gasteiger partial charge in [-0.1, -0.05) is 12.1 Å². The number of hydrogen-bond acceptors (Lipinski definition) is 3. The van der Waals surface area contributed by atoms with E-state index < -0.39 is 0 Å². The van der Waals surface area contributed by atoms with E-state index in [1.807, 2.05) is 6.07 Å². The van der Waals surface area contributed by atoms with Gasteiger partial charge in [-0.05, 0) is 36.2 Å². The molecule has 1 fully saturated rings. The molecule has 0 radical (unpaired) electrons. The van der Waals surface area contributed by atoms with E-state index in [-0.39, 0.29) is 41.8 Å². The fourth-order valence-corrected chi connectivity index (χ4v) is 2.68. The topological polar surface area (TPSA) is 68.9 Å². The lowest BCUT2D eigenvalue weighted by atomic mass is 10.1. The maximum Gasteiger partial charge on any atom is 0.193 e.